The van der Waals surface area contributed by atoms with Gasteiger partial charge in [-0.05, 0) is 37.5 Å². The van der Waals surface area contributed by atoms with Crippen LogP contribution in [0.15, 0.2) is 0 Å². The van der Waals surface area contributed by atoms with Gasteiger partial charge in [-0.1, -0.05) is 465 Å². The van der Waals surface area contributed by atoms with Crippen LogP contribution in [0.25, 0.3) is 0 Å². The molecule has 0 saturated carbocycles. The molecule has 6 atom stereocenters. The molecule has 0 aliphatic heterocycles. The van der Waals surface area contributed by atoms with Crippen molar-refractivity contribution in [1.29, 1.82) is 0 Å². The summed E-state index contributed by atoms with van der Waals surface area (Å²) in [7, 11) is -9.94. The van der Waals surface area contributed by atoms with Crippen molar-refractivity contribution in [3.8, 4) is 0 Å². The molecule has 0 amide bonds. The normalized spacial score (nSPS) is 13.9. The lowest BCUT2D eigenvalue weighted by molar-refractivity contribution is -0.161. The van der Waals surface area contributed by atoms with Crippen molar-refractivity contribution >= 4 is 39.5 Å². The number of ether oxygens (including phenoxy) is 4. The van der Waals surface area contributed by atoms with E-state index < -0.39 is 97.5 Å². The first kappa shape index (κ1) is 112. The summed E-state index contributed by atoms with van der Waals surface area (Å²) in [6, 6.07) is 0. The first-order chi connectivity index (χ1) is 55.4. The Bertz CT molecular complexity index is 2170. The third kappa shape index (κ3) is 86.4. The van der Waals surface area contributed by atoms with Gasteiger partial charge in [0.25, 0.3) is 0 Å². The fourth-order valence-electron chi connectivity index (χ4n) is 15.0. The fourth-order valence-corrected chi connectivity index (χ4v) is 16.6. The standard InChI is InChI=1S/C95H186O17P2/c1-7-10-12-14-16-18-20-22-24-26-28-30-32-33-38-42-46-50-54-58-65-71-77-92(97)105-83-90(111-94(99)79-73-67-60-56-52-48-44-40-36-35-37-41-45-49-53-57-64-70-76-88(6)9-3)85-109-113(101,102)107-81-89(96)82-108-114(103,104)110-86-91(84-106-93(98)78-72-66-62-61-63-69-75-87(4)5)112-95(100)80-74-68-59-55-51-47-43-39-34-31-29-27-25-23-21-19-17-15-13-11-8-2/h87-91,96H,7-86H2,1-6H3,(H,101,102)(H,103,104)/t88?,89-,90-,91-/m1/s1. The number of unbranched alkanes of at least 4 members (excludes halogenated alkanes) is 63. The maximum Gasteiger partial charge on any atom is 0.472 e. The van der Waals surface area contributed by atoms with Crippen LogP contribution < -0.4 is 0 Å². The van der Waals surface area contributed by atoms with Crippen LogP contribution in [-0.2, 0) is 65.4 Å². The van der Waals surface area contributed by atoms with Crippen LogP contribution in [0.4, 0.5) is 0 Å². The lowest BCUT2D eigenvalue weighted by atomic mass is 9.99. The van der Waals surface area contributed by atoms with Crippen LogP contribution in [0, 0.1) is 11.8 Å². The quantitative estimate of drug-likeness (QED) is 0.0222. The highest BCUT2D eigenvalue weighted by atomic mass is 31.2. The van der Waals surface area contributed by atoms with Crippen molar-refractivity contribution < 1.29 is 80.2 Å². The van der Waals surface area contributed by atoms with E-state index in [1.807, 2.05) is 0 Å². The van der Waals surface area contributed by atoms with E-state index in [0.29, 0.717) is 31.6 Å². The summed E-state index contributed by atoms with van der Waals surface area (Å²) in [6.07, 6.45) is 82.5. The molecular formula is C95H186O17P2. The van der Waals surface area contributed by atoms with Crippen molar-refractivity contribution in [3.05, 3.63) is 0 Å². The number of phosphoric ester groups is 2. The van der Waals surface area contributed by atoms with Gasteiger partial charge in [0, 0.05) is 25.7 Å². The summed E-state index contributed by atoms with van der Waals surface area (Å²) >= 11 is 0. The Hall–Kier alpha value is -1.94. The van der Waals surface area contributed by atoms with Crippen molar-refractivity contribution in [3.63, 3.8) is 0 Å². The highest BCUT2D eigenvalue weighted by molar-refractivity contribution is 7.47. The second-order valence-corrected chi connectivity index (χ2v) is 37.7. The van der Waals surface area contributed by atoms with Gasteiger partial charge in [-0.15, -0.1) is 0 Å². The highest BCUT2D eigenvalue weighted by Crippen LogP contribution is 2.45. The number of aliphatic hydroxyl groups is 1. The summed E-state index contributed by atoms with van der Waals surface area (Å²) in [5.41, 5.74) is 0. The molecule has 0 aromatic heterocycles. The molecule has 0 radical (unpaired) electrons. The molecule has 0 aliphatic carbocycles. The maximum atomic E-state index is 13.2. The van der Waals surface area contributed by atoms with Crippen molar-refractivity contribution in [2.75, 3.05) is 39.6 Å². The summed E-state index contributed by atoms with van der Waals surface area (Å²) in [5, 5.41) is 10.7. The number of aliphatic hydroxyl groups excluding tert-OH is 1. The minimum Gasteiger partial charge on any atom is -0.462 e. The van der Waals surface area contributed by atoms with E-state index in [1.165, 1.54) is 327 Å². The minimum absolute atomic E-state index is 0.108. The average molecular weight is 1660 g/mol. The SMILES string of the molecule is CCCCCCCCCCCCCCCCCCCCCCCCC(=O)OC[C@H](COP(=O)(O)OC[C@@H](O)COP(=O)(O)OC[C@@H](COC(=O)CCCCCCCCC(C)C)OC(=O)CCCCCCCCCCCCCCCCCCCCCCC)OC(=O)CCCCCCCCCCCCCCCCCCCCC(C)CC. The second-order valence-electron chi connectivity index (χ2n) is 34.8. The third-order valence-electron chi connectivity index (χ3n) is 22.8. The molecule has 19 heteroatoms. The van der Waals surface area contributed by atoms with E-state index in [9.17, 15) is 43.2 Å². The zero-order valence-electron chi connectivity index (χ0n) is 75.4. The van der Waals surface area contributed by atoms with Gasteiger partial charge >= 0.3 is 39.5 Å². The van der Waals surface area contributed by atoms with E-state index >= 15 is 0 Å². The Kier molecular flexibility index (Phi) is 84.6. The summed E-state index contributed by atoms with van der Waals surface area (Å²) in [6.45, 7) is 9.70. The number of rotatable bonds is 94. The van der Waals surface area contributed by atoms with E-state index in [-0.39, 0.29) is 25.7 Å². The number of carbonyl (C=O) groups is 4. The molecular weight excluding hydrogens is 1470 g/mol. The molecule has 0 heterocycles. The van der Waals surface area contributed by atoms with Crippen LogP contribution in [-0.4, -0.2) is 96.7 Å². The Morgan fingerprint density at radius 3 is 0.667 bits per heavy atom. The Morgan fingerprint density at radius 1 is 0.254 bits per heavy atom. The number of hydrogen-bond acceptors (Lipinski definition) is 15. The molecule has 0 bridgehead atoms. The molecule has 3 unspecified atom stereocenters. The van der Waals surface area contributed by atoms with E-state index in [0.717, 1.165) is 102 Å². The summed E-state index contributed by atoms with van der Waals surface area (Å²) in [5.74, 6) is -0.546. The van der Waals surface area contributed by atoms with Crippen LogP contribution >= 0.6 is 15.6 Å². The largest absolute Gasteiger partial charge is 0.472 e. The predicted octanol–water partition coefficient (Wildman–Crippen LogP) is 29.7. The molecule has 0 rings (SSSR count). The Morgan fingerprint density at radius 2 is 0.447 bits per heavy atom. The van der Waals surface area contributed by atoms with Gasteiger partial charge in [-0.2, -0.15) is 0 Å². The van der Waals surface area contributed by atoms with E-state index in [1.54, 1.807) is 0 Å². The second kappa shape index (κ2) is 86.0. The summed E-state index contributed by atoms with van der Waals surface area (Å²) < 4.78 is 69.1. The van der Waals surface area contributed by atoms with Crippen LogP contribution in [0.5, 0.6) is 0 Å². The molecule has 17 nitrogen and oxygen atoms in total. The van der Waals surface area contributed by atoms with Crippen molar-refractivity contribution in [2.45, 2.75) is 535 Å². The first-order valence-electron chi connectivity index (χ1n) is 49.0. The first-order valence-corrected chi connectivity index (χ1v) is 52.0. The number of carbonyl (C=O) groups excluding carboxylic acids is 4. The molecule has 0 aromatic rings. The smallest absolute Gasteiger partial charge is 0.462 e. The van der Waals surface area contributed by atoms with E-state index in [4.69, 9.17) is 37.0 Å². The van der Waals surface area contributed by atoms with E-state index in [2.05, 4.69) is 41.5 Å². The van der Waals surface area contributed by atoms with Gasteiger partial charge in [-0.3, -0.25) is 37.3 Å². The van der Waals surface area contributed by atoms with Crippen molar-refractivity contribution in [2.24, 2.45) is 11.8 Å². The molecule has 114 heavy (non-hydrogen) atoms. The zero-order valence-corrected chi connectivity index (χ0v) is 77.2. The molecule has 0 spiro atoms. The molecule has 0 saturated heterocycles. The number of esters is 4. The molecule has 678 valence electrons. The third-order valence-corrected chi connectivity index (χ3v) is 24.7. The van der Waals surface area contributed by atoms with Gasteiger partial charge in [-0.25, -0.2) is 9.13 Å². The van der Waals surface area contributed by atoms with Gasteiger partial charge in [0.05, 0.1) is 26.4 Å². The minimum atomic E-state index is -4.97. The lowest BCUT2D eigenvalue weighted by Gasteiger charge is -2.21. The Balaban J connectivity index is 5.18. The maximum absolute atomic E-state index is 13.2. The number of phosphoric acid groups is 2. The van der Waals surface area contributed by atoms with Crippen LogP contribution in [0.3, 0.4) is 0 Å². The zero-order chi connectivity index (χ0) is 83.4. The topological polar surface area (TPSA) is 237 Å². The Labute approximate surface area is 702 Å². The predicted molar refractivity (Wildman–Crippen MR) is 474 cm³/mol. The molecule has 3 N–H and O–H groups in total. The fraction of sp³-hybridized carbons (Fsp3) is 0.958. The van der Waals surface area contributed by atoms with Crippen LogP contribution in [0.1, 0.15) is 517 Å². The lowest BCUT2D eigenvalue weighted by Crippen LogP contribution is -2.30. The summed E-state index contributed by atoms with van der Waals surface area (Å²) in [4.78, 5) is 73.5. The van der Waals surface area contributed by atoms with Gasteiger partial charge in [0.15, 0.2) is 12.2 Å². The average Bonchev–Trinajstić information content (AvgIpc) is 0.895. The van der Waals surface area contributed by atoms with Gasteiger partial charge in [0.1, 0.15) is 19.3 Å². The molecule has 0 aliphatic rings. The van der Waals surface area contributed by atoms with Crippen molar-refractivity contribution in [1.82, 2.24) is 0 Å². The highest BCUT2D eigenvalue weighted by Gasteiger charge is 2.31. The molecule has 0 aromatic carbocycles. The molecule has 0 fully saturated rings. The van der Waals surface area contributed by atoms with Gasteiger partial charge in [0.2, 0.25) is 0 Å². The monoisotopic (exact) mass is 1660 g/mol. The number of hydrogen-bond donors (Lipinski definition) is 3. The van der Waals surface area contributed by atoms with Crippen LogP contribution in [0.2, 0.25) is 0 Å². The van der Waals surface area contributed by atoms with Gasteiger partial charge < -0.3 is 33.8 Å².